The standard InChI is InChI=1S/C28H31N3O3/c1-30(20-23-15-9-10-16-25(23)34-2)27(32)24(19-21-11-5-3-6-12-21)31-18-17-29-26(28(31)33)22-13-7-4-8-14-22/h3-16,24,26,29H,17-20H2,1-2H3/t24-,26+/m0/s1. The summed E-state index contributed by atoms with van der Waals surface area (Å²) in [6.07, 6.45) is 0.461. The van der Waals surface area contributed by atoms with Gasteiger partial charge in [0.05, 0.1) is 7.11 Å². The summed E-state index contributed by atoms with van der Waals surface area (Å²) in [6, 6.07) is 26.2. The number of nitrogens with one attached hydrogen (secondary N) is 1. The number of carbonyl (C=O) groups excluding carboxylic acids is 2. The van der Waals surface area contributed by atoms with Crippen molar-refractivity contribution in [2.24, 2.45) is 0 Å². The molecule has 1 fully saturated rings. The highest BCUT2D eigenvalue weighted by molar-refractivity contribution is 5.91. The second kappa shape index (κ2) is 11.0. The van der Waals surface area contributed by atoms with Crippen LogP contribution in [0.25, 0.3) is 0 Å². The lowest BCUT2D eigenvalue weighted by Crippen LogP contribution is -2.58. The maximum Gasteiger partial charge on any atom is 0.245 e. The van der Waals surface area contributed by atoms with Gasteiger partial charge >= 0.3 is 0 Å². The van der Waals surface area contributed by atoms with E-state index in [4.69, 9.17) is 4.74 Å². The summed E-state index contributed by atoms with van der Waals surface area (Å²) in [7, 11) is 3.41. The van der Waals surface area contributed by atoms with Gasteiger partial charge in [-0.05, 0) is 17.2 Å². The molecule has 0 radical (unpaired) electrons. The Balaban J connectivity index is 1.60. The number of carbonyl (C=O) groups is 2. The Hall–Kier alpha value is -3.64. The maximum absolute atomic E-state index is 13.8. The third-order valence-electron chi connectivity index (χ3n) is 6.27. The number of methoxy groups -OCH3 is 1. The molecule has 0 saturated carbocycles. The number of likely N-dealkylation sites (N-methyl/N-ethyl adjacent to an activating group) is 1. The Labute approximate surface area is 201 Å². The number of nitrogens with zero attached hydrogens (tertiary/aromatic N) is 2. The quantitative estimate of drug-likeness (QED) is 0.563. The van der Waals surface area contributed by atoms with Crippen LogP contribution in [0.3, 0.4) is 0 Å². The van der Waals surface area contributed by atoms with Gasteiger partial charge in [-0.2, -0.15) is 0 Å². The summed E-state index contributed by atoms with van der Waals surface area (Å²) in [5, 5.41) is 3.32. The van der Waals surface area contributed by atoms with Gasteiger partial charge in [-0.1, -0.05) is 78.9 Å². The van der Waals surface area contributed by atoms with Gasteiger partial charge in [-0.25, -0.2) is 0 Å². The van der Waals surface area contributed by atoms with Crippen LogP contribution in [-0.2, 0) is 22.6 Å². The zero-order chi connectivity index (χ0) is 23.9. The molecule has 1 saturated heterocycles. The average Bonchev–Trinajstić information content (AvgIpc) is 2.88. The number of piperazine rings is 1. The lowest BCUT2D eigenvalue weighted by Gasteiger charge is -2.39. The Morgan fingerprint density at radius 1 is 1.03 bits per heavy atom. The first-order chi connectivity index (χ1) is 16.6. The molecule has 2 amide bonds. The van der Waals surface area contributed by atoms with Crippen LogP contribution in [0.5, 0.6) is 5.75 Å². The average molecular weight is 458 g/mol. The predicted molar refractivity (Wildman–Crippen MR) is 132 cm³/mol. The third kappa shape index (κ3) is 5.29. The van der Waals surface area contributed by atoms with Crippen molar-refractivity contribution >= 4 is 11.8 Å². The van der Waals surface area contributed by atoms with Gasteiger partial charge in [0.25, 0.3) is 0 Å². The van der Waals surface area contributed by atoms with Crippen LogP contribution in [0.1, 0.15) is 22.7 Å². The van der Waals surface area contributed by atoms with E-state index in [1.54, 1.807) is 24.0 Å². The fraction of sp³-hybridized carbons (Fsp3) is 0.286. The molecule has 1 aliphatic heterocycles. The Bertz CT molecular complexity index is 1100. The fourth-order valence-corrected chi connectivity index (χ4v) is 4.50. The predicted octanol–water partition coefficient (Wildman–Crippen LogP) is 3.44. The van der Waals surface area contributed by atoms with Gasteiger partial charge in [-0.3, -0.25) is 9.59 Å². The molecular formula is C28H31N3O3. The maximum atomic E-state index is 13.8. The normalized spacial score (nSPS) is 16.7. The van der Waals surface area contributed by atoms with Gasteiger partial charge in [0.15, 0.2) is 0 Å². The molecule has 1 aliphatic rings. The highest BCUT2D eigenvalue weighted by atomic mass is 16.5. The number of ether oxygens (including phenoxy) is 1. The van der Waals surface area contributed by atoms with E-state index in [2.05, 4.69) is 5.32 Å². The van der Waals surface area contributed by atoms with Crippen LogP contribution in [0.4, 0.5) is 0 Å². The van der Waals surface area contributed by atoms with Crippen LogP contribution < -0.4 is 10.1 Å². The van der Waals surface area contributed by atoms with Crippen LogP contribution in [0, 0.1) is 0 Å². The van der Waals surface area contributed by atoms with Gasteiger partial charge in [0.2, 0.25) is 11.8 Å². The number of amides is 2. The molecule has 6 nitrogen and oxygen atoms in total. The molecule has 6 heteroatoms. The lowest BCUT2D eigenvalue weighted by atomic mass is 9.98. The number of benzene rings is 3. The molecule has 0 aliphatic carbocycles. The monoisotopic (exact) mass is 457 g/mol. The van der Waals surface area contributed by atoms with Gasteiger partial charge < -0.3 is 19.9 Å². The van der Waals surface area contributed by atoms with E-state index in [1.165, 1.54) is 0 Å². The Kier molecular flexibility index (Phi) is 7.60. The number of para-hydroxylation sites is 1. The van der Waals surface area contributed by atoms with Gasteiger partial charge in [0, 0.05) is 38.7 Å². The summed E-state index contributed by atoms with van der Waals surface area (Å²) in [4.78, 5) is 30.9. The van der Waals surface area contributed by atoms with E-state index in [-0.39, 0.29) is 11.8 Å². The molecule has 0 aromatic heterocycles. The molecule has 176 valence electrons. The fourth-order valence-electron chi connectivity index (χ4n) is 4.50. The second-order valence-corrected chi connectivity index (χ2v) is 8.54. The van der Waals surface area contributed by atoms with Crippen molar-refractivity contribution < 1.29 is 14.3 Å². The van der Waals surface area contributed by atoms with Crippen molar-refractivity contribution in [1.29, 1.82) is 0 Å². The molecule has 0 bridgehead atoms. The molecule has 1 N–H and O–H groups in total. The number of hydrogen-bond donors (Lipinski definition) is 1. The zero-order valence-corrected chi connectivity index (χ0v) is 19.7. The van der Waals surface area contributed by atoms with Crippen molar-refractivity contribution in [3.63, 3.8) is 0 Å². The topological polar surface area (TPSA) is 61.9 Å². The largest absolute Gasteiger partial charge is 0.496 e. The highest BCUT2D eigenvalue weighted by Gasteiger charge is 2.38. The van der Waals surface area contributed by atoms with E-state index in [0.717, 1.165) is 22.4 Å². The summed E-state index contributed by atoms with van der Waals surface area (Å²) >= 11 is 0. The minimum atomic E-state index is -0.595. The lowest BCUT2D eigenvalue weighted by molar-refractivity contribution is -0.148. The summed E-state index contributed by atoms with van der Waals surface area (Å²) < 4.78 is 5.47. The summed E-state index contributed by atoms with van der Waals surface area (Å²) in [5.74, 6) is 0.582. The Morgan fingerprint density at radius 2 is 1.68 bits per heavy atom. The Morgan fingerprint density at radius 3 is 2.38 bits per heavy atom. The van der Waals surface area contributed by atoms with E-state index < -0.39 is 12.1 Å². The number of rotatable bonds is 8. The molecule has 3 aromatic carbocycles. The minimum Gasteiger partial charge on any atom is -0.496 e. The first kappa shape index (κ1) is 23.5. The smallest absolute Gasteiger partial charge is 0.245 e. The van der Waals surface area contributed by atoms with Crippen LogP contribution in [0.2, 0.25) is 0 Å². The molecule has 2 atom stereocenters. The molecule has 34 heavy (non-hydrogen) atoms. The molecule has 1 heterocycles. The van der Waals surface area contributed by atoms with Gasteiger partial charge in [0.1, 0.15) is 17.8 Å². The van der Waals surface area contributed by atoms with Crippen molar-refractivity contribution in [3.05, 3.63) is 102 Å². The molecule has 3 aromatic rings. The first-order valence-corrected chi connectivity index (χ1v) is 11.6. The summed E-state index contributed by atoms with van der Waals surface area (Å²) in [5.41, 5.74) is 2.85. The van der Waals surface area contributed by atoms with E-state index >= 15 is 0 Å². The summed E-state index contributed by atoms with van der Waals surface area (Å²) in [6.45, 7) is 1.50. The van der Waals surface area contributed by atoms with Crippen molar-refractivity contribution in [1.82, 2.24) is 15.1 Å². The zero-order valence-electron chi connectivity index (χ0n) is 19.7. The van der Waals surface area contributed by atoms with Crippen LogP contribution >= 0.6 is 0 Å². The number of hydrogen-bond acceptors (Lipinski definition) is 4. The van der Waals surface area contributed by atoms with E-state index in [0.29, 0.717) is 26.1 Å². The third-order valence-corrected chi connectivity index (χ3v) is 6.27. The van der Waals surface area contributed by atoms with E-state index in [9.17, 15) is 9.59 Å². The molecule has 4 rings (SSSR count). The molecule has 0 unspecified atom stereocenters. The second-order valence-electron chi connectivity index (χ2n) is 8.54. The van der Waals surface area contributed by atoms with Gasteiger partial charge in [-0.15, -0.1) is 0 Å². The highest BCUT2D eigenvalue weighted by Crippen LogP contribution is 2.24. The van der Waals surface area contributed by atoms with Crippen molar-refractivity contribution in [2.75, 3.05) is 27.2 Å². The molecular weight excluding hydrogens is 426 g/mol. The van der Waals surface area contributed by atoms with Crippen molar-refractivity contribution in [3.8, 4) is 5.75 Å². The van der Waals surface area contributed by atoms with E-state index in [1.807, 2.05) is 84.9 Å². The SMILES string of the molecule is COc1ccccc1CN(C)C(=O)[C@H](Cc1ccccc1)N1CCN[C@H](c2ccccc2)C1=O. The molecule has 0 spiro atoms. The van der Waals surface area contributed by atoms with Crippen LogP contribution in [0.15, 0.2) is 84.9 Å². The first-order valence-electron chi connectivity index (χ1n) is 11.6. The minimum absolute atomic E-state index is 0.0718. The van der Waals surface area contributed by atoms with Crippen molar-refractivity contribution in [2.45, 2.75) is 25.0 Å². The van der Waals surface area contributed by atoms with Crippen LogP contribution in [-0.4, -0.2) is 54.9 Å².